The average Bonchev–Trinajstić information content (AvgIpc) is 3.20. The monoisotopic (exact) mass is 377 g/mol. The summed E-state index contributed by atoms with van der Waals surface area (Å²) in [6.07, 6.45) is 0.340. The Hall–Kier alpha value is -2.92. The highest BCUT2D eigenvalue weighted by atomic mass is 16.5. The molecule has 0 aromatic heterocycles. The third kappa shape index (κ3) is 2.92. The van der Waals surface area contributed by atoms with Crippen LogP contribution in [0.15, 0.2) is 66.2 Å². The lowest BCUT2D eigenvalue weighted by Gasteiger charge is -2.39. The van der Waals surface area contributed by atoms with Gasteiger partial charge in [-0.05, 0) is 23.1 Å². The molecule has 4 rings (SSSR count). The van der Waals surface area contributed by atoms with E-state index in [-0.39, 0.29) is 23.4 Å². The summed E-state index contributed by atoms with van der Waals surface area (Å²) in [6.45, 7) is 2.46. The minimum atomic E-state index is -0.598. The number of amides is 1. The highest BCUT2D eigenvalue weighted by molar-refractivity contribution is 6.23. The third-order valence-corrected chi connectivity index (χ3v) is 5.57. The average molecular weight is 377 g/mol. The first-order valence-corrected chi connectivity index (χ1v) is 9.54. The second kappa shape index (κ2) is 7.60. The number of fused-ring (bicyclic) bond motifs is 1. The van der Waals surface area contributed by atoms with Crippen molar-refractivity contribution >= 4 is 17.4 Å². The molecule has 1 saturated heterocycles. The number of hydrogen-bond acceptors (Lipinski definition) is 4. The Morgan fingerprint density at radius 3 is 2.36 bits per heavy atom. The van der Waals surface area contributed by atoms with Crippen molar-refractivity contribution in [3.63, 3.8) is 0 Å². The first kappa shape index (κ1) is 18.4. The topological polar surface area (TPSA) is 55.8 Å². The van der Waals surface area contributed by atoms with E-state index in [1.54, 1.807) is 4.90 Å². The van der Waals surface area contributed by atoms with E-state index in [1.807, 2.05) is 60.7 Å². The van der Waals surface area contributed by atoms with Gasteiger partial charge in [0.15, 0.2) is 0 Å². The molecule has 0 saturated carbocycles. The number of carbonyl (C=O) groups is 2. The smallest absolute Gasteiger partial charge is 0.343 e. The van der Waals surface area contributed by atoms with Crippen LogP contribution in [0.5, 0.6) is 0 Å². The Balaban J connectivity index is 1.87. The number of nitrogens with zero attached hydrogens (tertiary/aromatic N) is 1. The molecule has 144 valence electrons. The zero-order valence-electron chi connectivity index (χ0n) is 16.0. The molecular formula is C23H23NO4. The van der Waals surface area contributed by atoms with Crippen molar-refractivity contribution in [1.82, 2.24) is 4.90 Å². The Morgan fingerprint density at radius 1 is 1.11 bits per heavy atom. The Morgan fingerprint density at radius 2 is 1.75 bits per heavy atom. The van der Waals surface area contributed by atoms with Gasteiger partial charge in [0, 0.05) is 5.92 Å². The number of ether oxygens (including phenoxy) is 2. The number of esters is 1. The van der Waals surface area contributed by atoms with E-state index >= 15 is 0 Å². The van der Waals surface area contributed by atoms with Crippen molar-refractivity contribution < 1.29 is 19.1 Å². The summed E-state index contributed by atoms with van der Waals surface area (Å²) in [6, 6.07) is 19.2. The maximum absolute atomic E-state index is 13.5. The molecule has 0 unspecified atom stereocenters. The molecule has 2 aromatic rings. The molecule has 0 N–H and O–H groups in total. The maximum Gasteiger partial charge on any atom is 0.343 e. The van der Waals surface area contributed by atoms with Crippen LogP contribution >= 0.6 is 0 Å². The Kier molecular flexibility index (Phi) is 5.01. The van der Waals surface area contributed by atoms with Crippen molar-refractivity contribution in [3.05, 3.63) is 77.4 Å². The second-order valence-electron chi connectivity index (χ2n) is 7.02. The normalized spacial score (nSPS) is 24.3. The number of benzene rings is 2. The van der Waals surface area contributed by atoms with Crippen LogP contribution in [0, 0.1) is 5.92 Å². The number of methoxy groups -OCH3 is 1. The minimum Gasteiger partial charge on any atom is -0.465 e. The van der Waals surface area contributed by atoms with Crippen LogP contribution in [0.4, 0.5) is 0 Å². The van der Waals surface area contributed by atoms with Gasteiger partial charge in [0.05, 0.1) is 19.8 Å². The SMILES string of the molecule is CC[C@H]1C(c2ccccc2)=C(C(=O)OC)C(=O)N2[C@@H]1OC[C@H]2c1ccccc1. The van der Waals surface area contributed by atoms with Crippen LogP contribution in [-0.2, 0) is 19.1 Å². The summed E-state index contributed by atoms with van der Waals surface area (Å²) in [5.41, 5.74) is 2.69. The molecule has 5 nitrogen and oxygen atoms in total. The molecule has 3 atom stereocenters. The molecule has 5 heteroatoms. The van der Waals surface area contributed by atoms with Crippen molar-refractivity contribution in [1.29, 1.82) is 0 Å². The largest absolute Gasteiger partial charge is 0.465 e. The van der Waals surface area contributed by atoms with E-state index in [0.29, 0.717) is 6.61 Å². The van der Waals surface area contributed by atoms with E-state index in [9.17, 15) is 9.59 Å². The van der Waals surface area contributed by atoms with Crippen LogP contribution in [0.2, 0.25) is 0 Å². The molecule has 2 aliphatic heterocycles. The molecule has 0 radical (unpaired) electrons. The summed E-state index contributed by atoms with van der Waals surface area (Å²) in [4.78, 5) is 27.9. The zero-order valence-corrected chi connectivity index (χ0v) is 16.0. The first-order chi connectivity index (χ1) is 13.7. The molecule has 1 amide bonds. The molecule has 2 aliphatic rings. The van der Waals surface area contributed by atoms with Gasteiger partial charge < -0.3 is 14.4 Å². The van der Waals surface area contributed by atoms with Gasteiger partial charge in [-0.2, -0.15) is 0 Å². The molecule has 0 spiro atoms. The molecule has 2 heterocycles. The first-order valence-electron chi connectivity index (χ1n) is 9.54. The van der Waals surface area contributed by atoms with Gasteiger partial charge in [-0.1, -0.05) is 67.6 Å². The Bertz CT molecular complexity index is 907. The lowest BCUT2D eigenvalue weighted by Crippen LogP contribution is -2.48. The second-order valence-corrected chi connectivity index (χ2v) is 7.02. The van der Waals surface area contributed by atoms with Crippen LogP contribution < -0.4 is 0 Å². The third-order valence-electron chi connectivity index (χ3n) is 5.57. The minimum absolute atomic E-state index is 0.108. The number of carbonyl (C=O) groups excluding carboxylic acids is 2. The zero-order chi connectivity index (χ0) is 19.7. The van der Waals surface area contributed by atoms with E-state index in [4.69, 9.17) is 9.47 Å². The van der Waals surface area contributed by atoms with Crippen molar-refractivity contribution in [3.8, 4) is 0 Å². The lowest BCUT2D eigenvalue weighted by molar-refractivity contribution is -0.144. The summed E-state index contributed by atoms with van der Waals surface area (Å²) in [5, 5.41) is 0. The summed E-state index contributed by atoms with van der Waals surface area (Å²) in [7, 11) is 1.31. The van der Waals surface area contributed by atoms with Gasteiger partial charge in [0.2, 0.25) is 0 Å². The standard InChI is InChI=1S/C23H23NO4/c1-3-17-19(16-12-8-5-9-13-16)20(23(26)27-2)21(25)24-18(14-28-22(17)24)15-10-6-4-7-11-15/h4-13,17-18,22H,3,14H2,1-2H3/t17-,18-,22+/m0/s1. The molecule has 0 aliphatic carbocycles. The van der Waals surface area contributed by atoms with Crippen LogP contribution in [0.3, 0.4) is 0 Å². The predicted molar refractivity (Wildman–Crippen MR) is 105 cm³/mol. The van der Waals surface area contributed by atoms with Gasteiger partial charge in [-0.25, -0.2) is 4.79 Å². The Labute approximate surface area is 164 Å². The molecule has 0 bridgehead atoms. The van der Waals surface area contributed by atoms with Crippen LogP contribution in [0.25, 0.3) is 5.57 Å². The highest BCUT2D eigenvalue weighted by Crippen LogP contribution is 2.45. The van der Waals surface area contributed by atoms with Crippen LogP contribution in [-0.4, -0.2) is 36.7 Å². The predicted octanol–water partition coefficient (Wildman–Crippen LogP) is 3.58. The van der Waals surface area contributed by atoms with Gasteiger partial charge in [0.1, 0.15) is 11.8 Å². The van der Waals surface area contributed by atoms with Crippen molar-refractivity contribution in [2.75, 3.05) is 13.7 Å². The number of rotatable bonds is 4. The fourth-order valence-corrected chi connectivity index (χ4v) is 4.28. The fourth-order valence-electron chi connectivity index (χ4n) is 4.28. The summed E-state index contributed by atoms with van der Waals surface area (Å²) >= 11 is 0. The van der Waals surface area contributed by atoms with E-state index in [1.165, 1.54) is 7.11 Å². The summed E-state index contributed by atoms with van der Waals surface area (Å²) < 4.78 is 11.1. The van der Waals surface area contributed by atoms with Gasteiger partial charge in [-0.3, -0.25) is 4.79 Å². The fraction of sp³-hybridized carbons (Fsp3) is 0.304. The maximum atomic E-state index is 13.5. The highest BCUT2D eigenvalue weighted by Gasteiger charge is 2.50. The quantitative estimate of drug-likeness (QED) is 0.604. The summed E-state index contributed by atoms with van der Waals surface area (Å²) in [5.74, 6) is -1.03. The van der Waals surface area contributed by atoms with Crippen molar-refractivity contribution in [2.24, 2.45) is 5.92 Å². The van der Waals surface area contributed by atoms with Gasteiger partial charge >= 0.3 is 5.97 Å². The lowest BCUT2D eigenvalue weighted by atomic mass is 9.81. The van der Waals surface area contributed by atoms with E-state index in [0.717, 1.165) is 23.1 Å². The molecule has 2 aromatic carbocycles. The van der Waals surface area contributed by atoms with Gasteiger partial charge in [-0.15, -0.1) is 0 Å². The molecule has 28 heavy (non-hydrogen) atoms. The van der Waals surface area contributed by atoms with Gasteiger partial charge in [0.25, 0.3) is 5.91 Å². The number of hydrogen-bond donors (Lipinski definition) is 0. The van der Waals surface area contributed by atoms with Crippen molar-refractivity contribution in [2.45, 2.75) is 25.6 Å². The van der Waals surface area contributed by atoms with Crippen LogP contribution in [0.1, 0.15) is 30.5 Å². The molecule has 1 fully saturated rings. The van der Waals surface area contributed by atoms with E-state index in [2.05, 4.69) is 6.92 Å². The molecular weight excluding hydrogens is 354 g/mol. The van der Waals surface area contributed by atoms with E-state index < -0.39 is 12.2 Å².